The van der Waals surface area contributed by atoms with Gasteiger partial charge >= 0.3 is 0 Å². The molecule has 2 heterocycles. The van der Waals surface area contributed by atoms with Gasteiger partial charge < -0.3 is 5.32 Å². The first kappa shape index (κ1) is 18.2. The van der Waals surface area contributed by atoms with E-state index in [2.05, 4.69) is 17.2 Å². The molecule has 2 aromatic heterocycles. The van der Waals surface area contributed by atoms with Crippen molar-refractivity contribution in [3.8, 4) is 21.7 Å². The van der Waals surface area contributed by atoms with Crippen molar-refractivity contribution in [3.05, 3.63) is 52.9 Å². The number of carbonyl (C=O) groups excluding carboxylic acids is 1. The van der Waals surface area contributed by atoms with Gasteiger partial charge in [0.05, 0.1) is 15.6 Å². The molecule has 1 amide bonds. The maximum Gasteiger partial charge on any atom is 0.225 e. The summed E-state index contributed by atoms with van der Waals surface area (Å²) in [5, 5.41) is 3.79. The Balaban J connectivity index is 2.07. The molecule has 0 unspecified atom stereocenters. The highest BCUT2D eigenvalue weighted by Gasteiger charge is 2.16. The van der Waals surface area contributed by atoms with Crippen LogP contribution in [0, 0.1) is 12.7 Å². The second kappa shape index (κ2) is 7.74. The highest BCUT2D eigenvalue weighted by molar-refractivity contribution is 7.15. The van der Waals surface area contributed by atoms with Crippen LogP contribution in [-0.2, 0) is 11.2 Å². The zero-order valence-corrected chi connectivity index (χ0v) is 15.8. The van der Waals surface area contributed by atoms with Gasteiger partial charge in [0.25, 0.3) is 0 Å². The smallest absolute Gasteiger partial charge is 0.225 e. The molecule has 0 aliphatic rings. The van der Waals surface area contributed by atoms with Gasteiger partial charge in [-0.3, -0.25) is 4.79 Å². The Labute approximate surface area is 156 Å². The Kier molecular flexibility index (Phi) is 5.42. The highest BCUT2D eigenvalue weighted by atomic mass is 32.1. The van der Waals surface area contributed by atoms with Gasteiger partial charge in [0.2, 0.25) is 5.91 Å². The average Bonchev–Trinajstić information content (AvgIpc) is 3.08. The summed E-state index contributed by atoms with van der Waals surface area (Å²) in [5.41, 5.74) is 3.23. The number of benzene rings is 1. The standard InChI is InChI=1S/C20H20FN3OS/c1-4-17(25)23-16-11-14(8-9-22-16)20-19(24-18(5-2)26-20)13-6-7-15(21)12(3)10-13/h6-11H,4-5H2,1-3H3,(H,22,23,25). The molecule has 6 heteroatoms. The number of pyridine rings is 1. The Hall–Kier alpha value is -2.60. The van der Waals surface area contributed by atoms with Gasteiger partial charge in [-0.2, -0.15) is 0 Å². The molecule has 0 saturated carbocycles. The Bertz CT molecular complexity index is 952. The molecular weight excluding hydrogens is 349 g/mol. The number of nitrogens with zero attached hydrogens (tertiary/aromatic N) is 2. The lowest BCUT2D eigenvalue weighted by Gasteiger charge is -2.07. The molecule has 1 aromatic carbocycles. The third-order valence-corrected chi connectivity index (χ3v) is 5.26. The zero-order valence-electron chi connectivity index (χ0n) is 15.0. The van der Waals surface area contributed by atoms with Crippen LogP contribution in [0.2, 0.25) is 0 Å². The Morgan fingerprint density at radius 2 is 2.00 bits per heavy atom. The number of amides is 1. The van der Waals surface area contributed by atoms with Crippen LogP contribution in [0.5, 0.6) is 0 Å². The molecule has 0 aliphatic carbocycles. The number of anilines is 1. The number of nitrogens with one attached hydrogen (secondary N) is 1. The van der Waals surface area contributed by atoms with E-state index in [4.69, 9.17) is 4.98 Å². The number of halogens is 1. The molecule has 134 valence electrons. The molecule has 0 saturated heterocycles. The maximum absolute atomic E-state index is 13.7. The molecular formula is C20H20FN3OS. The Morgan fingerprint density at radius 1 is 1.19 bits per heavy atom. The summed E-state index contributed by atoms with van der Waals surface area (Å²) in [5.74, 6) is 0.208. The van der Waals surface area contributed by atoms with Gasteiger partial charge in [0.15, 0.2) is 0 Å². The van der Waals surface area contributed by atoms with E-state index in [1.165, 1.54) is 6.07 Å². The van der Waals surface area contributed by atoms with Crippen molar-refractivity contribution >= 4 is 23.1 Å². The lowest BCUT2D eigenvalue weighted by molar-refractivity contribution is -0.115. The molecule has 0 fully saturated rings. The summed E-state index contributed by atoms with van der Waals surface area (Å²) >= 11 is 1.61. The summed E-state index contributed by atoms with van der Waals surface area (Å²) in [7, 11) is 0. The lowest BCUT2D eigenvalue weighted by atomic mass is 10.0. The monoisotopic (exact) mass is 369 g/mol. The van der Waals surface area contributed by atoms with E-state index in [1.807, 2.05) is 18.2 Å². The molecule has 0 spiro atoms. The van der Waals surface area contributed by atoms with Crippen molar-refractivity contribution in [3.63, 3.8) is 0 Å². The third-order valence-electron chi connectivity index (χ3n) is 4.02. The van der Waals surface area contributed by atoms with E-state index in [0.717, 1.165) is 33.1 Å². The zero-order chi connectivity index (χ0) is 18.7. The molecule has 4 nitrogen and oxygen atoms in total. The second-order valence-electron chi connectivity index (χ2n) is 5.93. The summed E-state index contributed by atoms with van der Waals surface area (Å²) in [6.07, 6.45) is 2.89. The first-order valence-corrected chi connectivity index (χ1v) is 9.36. The highest BCUT2D eigenvalue weighted by Crippen LogP contribution is 2.38. The van der Waals surface area contributed by atoms with E-state index in [1.54, 1.807) is 37.4 Å². The number of hydrogen-bond acceptors (Lipinski definition) is 4. The van der Waals surface area contributed by atoms with E-state index in [0.29, 0.717) is 17.8 Å². The van der Waals surface area contributed by atoms with E-state index in [-0.39, 0.29) is 11.7 Å². The number of rotatable bonds is 5. The van der Waals surface area contributed by atoms with E-state index < -0.39 is 0 Å². The minimum absolute atomic E-state index is 0.0809. The van der Waals surface area contributed by atoms with Crippen LogP contribution >= 0.6 is 11.3 Å². The van der Waals surface area contributed by atoms with Gasteiger partial charge in [-0.25, -0.2) is 14.4 Å². The number of carbonyl (C=O) groups is 1. The van der Waals surface area contributed by atoms with Crippen LogP contribution in [0.15, 0.2) is 36.5 Å². The van der Waals surface area contributed by atoms with E-state index in [9.17, 15) is 9.18 Å². The minimum Gasteiger partial charge on any atom is -0.311 e. The second-order valence-corrected chi connectivity index (χ2v) is 7.02. The molecule has 0 radical (unpaired) electrons. The average molecular weight is 369 g/mol. The number of hydrogen-bond donors (Lipinski definition) is 1. The molecule has 26 heavy (non-hydrogen) atoms. The van der Waals surface area contributed by atoms with Crippen molar-refractivity contribution < 1.29 is 9.18 Å². The van der Waals surface area contributed by atoms with Crippen molar-refractivity contribution in [1.82, 2.24) is 9.97 Å². The molecule has 3 aromatic rings. The number of thiazole rings is 1. The predicted octanol–water partition coefficient (Wildman–Crippen LogP) is 5.23. The van der Waals surface area contributed by atoms with Gasteiger partial charge in [0.1, 0.15) is 11.6 Å². The first-order chi connectivity index (χ1) is 12.5. The predicted molar refractivity (Wildman–Crippen MR) is 104 cm³/mol. The topological polar surface area (TPSA) is 54.9 Å². The van der Waals surface area contributed by atoms with Crippen molar-refractivity contribution in [2.24, 2.45) is 0 Å². The van der Waals surface area contributed by atoms with Crippen LogP contribution in [0.1, 0.15) is 30.8 Å². The summed E-state index contributed by atoms with van der Waals surface area (Å²) in [6, 6.07) is 8.78. The summed E-state index contributed by atoms with van der Waals surface area (Å²) in [4.78, 5) is 21.6. The van der Waals surface area contributed by atoms with Gasteiger partial charge in [-0.1, -0.05) is 13.8 Å². The number of aromatic nitrogens is 2. The summed E-state index contributed by atoms with van der Waals surface area (Å²) in [6.45, 7) is 5.60. The number of aryl methyl sites for hydroxylation is 2. The van der Waals surface area contributed by atoms with Crippen molar-refractivity contribution in [2.45, 2.75) is 33.6 Å². The largest absolute Gasteiger partial charge is 0.311 e. The molecule has 0 bridgehead atoms. The van der Waals surface area contributed by atoms with E-state index >= 15 is 0 Å². The van der Waals surface area contributed by atoms with Crippen molar-refractivity contribution in [1.29, 1.82) is 0 Å². The van der Waals surface area contributed by atoms with Gasteiger partial charge in [-0.05, 0) is 54.8 Å². The fraction of sp³-hybridized carbons (Fsp3) is 0.250. The van der Waals surface area contributed by atoms with Crippen LogP contribution in [-0.4, -0.2) is 15.9 Å². The lowest BCUT2D eigenvalue weighted by Crippen LogP contribution is -2.10. The molecule has 3 rings (SSSR count). The maximum atomic E-state index is 13.7. The van der Waals surface area contributed by atoms with Crippen LogP contribution in [0.4, 0.5) is 10.2 Å². The fourth-order valence-electron chi connectivity index (χ4n) is 2.57. The SMILES string of the molecule is CCC(=O)Nc1cc(-c2sc(CC)nc2-c2ccc(F)c(C)c2)ccn1. The van der Waals surface area contributed by atoms with Crippen LogP contribution < -0.4 is 5.32 Å². The molecule has 0 aliphatic heterocycles. The van der Waals surface area contributed by atoms with Crippen molar-refractivity contribution in [2.75, 3.05) is 5.32 Å². The van der Waals surface area contributed by atoms with Crippen LogP contribution in [0.3, 0.4) is 0 Å². The third kappa shape index (κ3) is 3.80. The normalized spacial score (nSPS) is 10.8. The minimum atomic E-state index is -0.227. The Morgan fingerprint density at radius 3 is 2.69 bits per heavy atom. The van der Waals surface area contributed by atoms with Crippen LogP contribution in [0.25, 0.3) is 21.7 Å². The first-order valence-electron chi connectivity index (χ1n) is 8.54. The molecule has 0 atom stereocenters. The quantitative estimate of drug-likeness (QED) is 0.670. The van der Waals surface area contributed by atoms with Gasteiger partial charge in [-0.15, -0.1) is 11.3 Å². The van der Waals surface area contributed by atoms with Gasteiger partial charge in [0, 0.05) is 18.2 Å². The molecule has 1 N–H and O–H groups in total. The summed E-state index contributed by atoms with van der Waals surface area (Å²) < 4.78 is 13.7. The fourth-order valence-corrected chi connectivity index (χ4v) is 3.59.